The molecule has 46 valence electrons. The van der Waals surface area contributed by atoms with Gasteiger partial charge in [0.15, 0.2) is 5.56 Å². The lowest BCUT2D eigenvalue weighted by molar-refractivity contribution is 1.51. The van der Waals surface area contributed by atoms with Gasteiger partial charge >= 0.3 is 0 Å². The molecular weight excluding hydrogens is 120 g/mol. The fraction of sp³-hybridized carbons (Fsp3) is 0. The molecule has 0 saturated carbocycles. The summed E-state index contributed by atoms with van der Waals surface area (Å²) in [5, 5.41) is 0. The van der Waals surface area contributed by atoms with E-state index in [4.69, 9.17) is 9.60 Å². The maximum Gasteiger partial charge on any atom is 0.155 e. The first-order valence-electron chi connectivity index (χ1n) is 6.25. The highest BCUT2D eigenvalue weighted by Gasteiger charge is 2.05. The summed E-state index contributed by atoms with van der Waals surface area (Å²) in [5.74, 6) is 0. The minimum atomic E-state index is -0.443. The van der Waals surface area contributed by atoms with Crippen molar-refractivity contribution in [3.8, 4) is 0 Å². The normalized spacial score (nSPS) is 25.2. The van der Waals surface area contributed by atoms with E-state index in [2.05, 4.69) is 6.08 Å². The number of hydrogen-bond acceptors (Lipinski definition) is 0. The molecular formula is C10H7+. The van der Waals surface area contributed by atoms with Gasteiger partial charge in [-0.25, -0.2) is 0 Å². The zero-order chi connectivity index (χ0) is 12.9. The van der Waals surface area contributed by atoms with Crippen LogP contribution < -0.4 is 0 Å². The molecule has 1 aromatic carbocycles. The van der Waals surface area contributed by atoms with Crippen molar-refractivity contribution < 1.29 is 9.60 Å². The molecule has 0 nitrogen and oxygen atoms in total. The largest absolute Gasteiger partial charge is 0.155 e. The van der Waals surface area contributed by atoms with Gasteiger partial charge in [-0.05, 0) is 18.1 Å². The van der Waals surface area contributed by atoms with Crippen molar-refractivity contribution in [1.82, 2.24) is 0 Å². The minimum absolute atomic E-state index is 0.0120. The van der Waals surface area contributed by atoms with Crippen LogP contribution in [0.2, 0.25) is 0 Å². The van der Waals surface area contributed by atoms with Crippen LogP contribution in [0.5, 0.6) is 0 Å². The smallest absolute Gasteiger partial charge is 0.0418 e. The van der Waals surface area contributed by atoms with Crippen LogP contribution in [0.3, 0.4) is 0 Å². The third-order valence-electron chi connectivity index (χ3n) is 1.12. The standard InChI is InChI=1S/C10H7/c1-2-6-10-8-4-3-7-9(10)5-1/h1-7H/q+1/i1D,2D,3D,4D,5D,6D,7D. The van der Waals surface area contributed by atoms with E-state index < -0.39 is 12.1 Å². The summed E-state index contributed by atoms with van der Waals surface area (Å²) in [6.07, 6.45) is 2.42. The maximum absolute atomic E-state index is 7.66. The number of hydrogen-bond donors (Lipinski definition) is 0. The molecule has 0 atom stereocenters. The van der Waals surface area contributed by atoms with Gasteiger partial charge in [0.05, 0.1) is 18.5 Å². The van der Waals surface area contributed by atoms with Crippen LogP contribution in [0, 0.1) is 6.08 Å². The monoisotopic (exact) mass is 134 g/mol. The van der Waals surface area contributed by atoms with Crippen LogP contribution in [0.15, 0.2) is 36.3 Å². The molecule has 1 aliphatic rings. The van der Waals surface area contributed by atoms with Crippen molar-refractivity contribution in [3.63, 3.8) is 0 Å². The fourth-order valence-electron chi connectivity index (χ4n) is 0.688. The summed E-state index contributed by atoms with van der Waals surface area (Å²) >= 11 is 0. The van der Waals surface area contributed by atoms with Crippen LogP contribution in [-0.2, 0) is 0 Å². The SMILES string of the molecule is [2H]C1=[C+]c2c([2H])c([2H])c([2H])c([2H])c2C([2H])=C1[2H]. The molecule has 0 amide bonds. The molecule has 0 aromatic heterocycles. The van der Waals surface area contributed by atoms with Crippen molar-refractivity contribution in [2.24, 2.45) is 0 Å². The third kappa shape index (κ3) is 0.754. The Labute approximate surface area is 70.3 Å². The molecule has 0 heteroatoms. The highest BCUT2D eigenvalue weighted by Crippen LogP contribution is 2.13. The van der Waals surface area contributed by atoms with Crippen molar-refractivity contribution >= 4 is 6.05 Å². The van der Waals surface area contributed by atoms with Crippen molar-refractivity contribution in [1.29, 1.82) is 0 Å². The molecule has 0 aliphatic heterocycles. The predicted molar refractivity (Wildman–Crippen MR) is 42.4 cm³/mol. The first-order valence-corrected chi connectivity index (χ1v) is 2.75. The van der Waals surface area contributed by atoms with Gasteiger partial charge in [-0.1, -0.05) is 0 Å². The summed E-state index contributed by atoms with van der Waals surface area (Å²) in [4.78, 5) is 0. The lowest BCUT2D eigenvalue weighted by Crippen LogP contribution is -1.82. The molecule has 0 unspecified atom stereocenters. The van der Waals surface area contributed by atoms with Crippen molar-refractivity contribution in [2.75, 3.05) is 0 Å². The second kappa shape index (κ2) is 2.09. The Morgan fingerprint density at radius 2 is 2.20 bits per heavy atom. The van der Waals surface area contributed by atoms with Gasteiger partial charge in [-0.3, -0.25) is 0 Å². The van der Waals surface area contributed by atoms with E-state index in [1.54, 1.807) is 0 Å². The average Bonchev–Trinajstić information content (AvgIpc) is 2.30. The summed E-state index contributed by atoms with van der Waals surface area (Å²) in [6.45, 7) is 0. The lowest BCUT2D eigenvalue weighted by atomic mass is 10.0. The Morgan fingerprint density at radius 1 is 1.30 bits per heavy atom. The van der Waals surface area contributed by atoms with Gasteiger partial charge in [0, 0.05) is 24.2 Å². The molecule has 0 heterocycles. The third-order valence-corrected chi connectivity index (χ3v) is 1.12. The molecule has 10 heavy (non-hydrogen) atoms. The zero-order valence-electron chi connectivity index (χ0n) is 12.0. The molecule has 2 rings (SSSR count). The second-order valence-corrected chi connectivity index (χ2v) is 1.75. The first-order chi connectivity index (χ1) is 7.86. The molecule has 0 N–H and O–H groups in total. The molecule has 0 radical (unpaired) electrons. The van der Waals surface area contributed by atoms with Crippen LogP contribution in [0.1, 0.15) is 20.7 Å². The van der Waals surface area contributed by atoms with E-state index in [1.165, 1.54) is 0 Å². The van der Waals surface area contributed by atoms with Crippen LogP contribution >= 0.6 is 0 Å². The Hall–Kier alpha value is -1.39. The van der Waals surface area contributed by atoms with E-state index >= 15 is 0 Å². The van der Waals surface area contributed by atoms with E-state index in [0.29, 0.717) is 0 Å². The van der Waals surface area contributed by atoms with Crippen LogP contribution in [0.4, 0.5) is 0 Å². The molecule has 0 saturated heterocycles. The van der Waals surface area contributed by atoms with Gasteiger partial charge in [0.25, 0.3) is 0 Å². The lowest BCUT2D eigenvalue weighted by Gasteiger charge is -1.91. The topological polar surface area (TPSA) is 0 Å². The quantitative estimate of drug-likeness (QED) is 0.478. The molecule has 0 spiro atoms. The Morgan fingerprint density at radius 3 is 3.20 bits per heavy atom. The number of fused-ring (bicyclic) bond motifs is 1. The maximum atomic E-state index is 7.66. The zero-order valence-corrected chi connectivity index (χ0v) is 5.00. The van der Waals surface area contributed by atoms with E-state index in [1.807, 2.05) is 0 Å². The minimum Gasteiger partial charge on any atom is -0.0418 e. The number of rotatable bonds is 0. The van der Waals surface area contributed by atoms with E-state index in [-0.39, 0.29) is 41.4 Å². The summed E-state index contributed by atoms with van der Waals surface area (Å²) < 4.78 is 52.8. The first kappa shape index (κ1) is 1.81. The molecule has 0 fully saturated rings. The number of benzene rings is 1. The average molecular weight is 134 g/mol. The summed E-state index contributed by atoms with van der Waals surface area (Å²) in [5.41, 5.74) is -0.0704. The van der Waals surface area contributed by atoms with Gasteiger partial charge in [-0.15, -0.1) is 0 Å². The summed E-state index contributed by atoms with van der Waals surface area (Å²) in [7, 11) is 0. The van der Waals surface area contributed by atoms with Crippen molar-refractivity contribution in [2.45, 2.75) is 0 Å². The van der Waals surface area contributed by atoms with Gasteiger partial charge in [0.2, 0.25) is 0 Å². The van der Waals surface area contributed by atoms with Crippen LogP contribution in [-0.4, -0.2) is 0 Å². The van der Waals surface area contributed by atoms with Gasteiger partial charge in [0.1, 0.15) is 2.74 Å². The summed E-state index contributed by atoms with van der Waals surface area (Å²) in [6, 6.07) is -2.65. The van der Waals surface area contributed by atoms with Gasteiger partial charge in [-0.2, -0.15) is 0 Å². The highest BCUT2D eigenvalue weighted by atomic mass is 14.0. The molecule has 1 aliphatic carbocycles. The Kier molecular flexibility index (Phi) is 0.378. The Balaban J connectivity index is 2.94. The van der Waals surface area contributed by atoms with Crippen LogP contribution in [0.25, 0.3) is 6.05 Å². The van der Waals surface area contributed by atoms with Gasteiger partial charge < -0.3 is 0 Å². The molecule has 0 bridgehead atoms. The molecule has 1 aromatic rings. The predicted octanol–water partition coefficient (Wildman–Crippen LogP) is 2.42. The second-order valence-electron chi connectivity index (χ2n) is 1.75. The van der Waals surface area contributed by atoms with E-state index in [9.17, 15) is 0 Å². The van der Waals surface area contributed by atoms with Crippen molar-refractivity contribution in [3.05, 3.63) is 53.5 Å². The number of allylic oxidation sites excluding steroid dienone is 2. The van der Waals surface area contributed by atoms with E-state index in [0.717, 1.165) is 0 Å². The Bertz CT molecular complexity index is 583. The fourth-order valence-corrected chi connectivity index (χ4v) is 0.688. The highest BCUT2D eigenvalue weighted by molar-refractivity contribution is 5.59.